The lowest BCUT2D eigenvalue weighted by Crippen LogP contribution is -2.29. The van der Waals surface area contributed by atoms with Crippen LogP contribution in [-0.4, -0.2) is 25.3 Å². The zero-order valence-corrected chi connectivity index (χ0v) is 9.52. The maximum Gasteiger partial charge on any atom is 0.163 e. The maximum atomic E-state index is 5.43. The van der Waals surface area contributed by atoms with E-state index in [0.717, 1.165) is 11.0 Å². The predicted molar refractivity (Wildman–Crippen MR) is 62.8 cm³/mol. The molecule has 0 aliphatic heterocycles. The fourth-order valence-corrected chi connectivity index (χ4v) is 1.39. The summed E-state index contributed by atoms with van der Waals surface area (Å²) in [6.45, 7) is 3.83. The molecule has 0 bridgehead atoms. The number of rotatable bonds is 2. The lowest BCUT2D eigenvalue weighted by Gasteiger charge is -2.20. The Balaban J connectivity index is 2.50. The van der Waals surface area contributed by atoms with Gasteiger partial charge in [-0.3, -0.25) is 4.68 Å². The molecular weight excluding hydrogens is 202 g/mol. The van der Waals surface area contributed by atoms with E-state index in [2.05, 4.69) is 26.3 Å². The van der Waals surface area contributed by atoms with E-state index in [-0.39, 0.29) is 0 Å². The summed E-state index contributed by atoms with van der Waals surface area (Å²) < 4.78 is 1.70. The van der Waals surface area contributed by atoms with Crippen LogP contribution in [0.2, 0.25) is 0 Å². The molecule has 5 nitrogen and oxygen atoms in total. The Morgan fingerprint density at radius 2 is 2.19 bits per heavy atom. The fourth-order valence-electron chi connectivity index (χ4n) is 1.39. The van der Waals surface area contributed by atoms with Crippen molar-refractivity contribution < 1.29 is 0 Å². The van der Waals surface area contributed by atoms with Gasteiger partial charge in [0.05, 0.1) is 17.1 Å². The zero-order valence-electron chi connectivity index (χ0n) is 9.52. The van der Waals surface area contributed by atoms with Crippen molar-refractivity contribution in [2.75, 3.05) is 5.32 Å². The Kier molecular flexibility index (Phi) is 2.27. The van der Waals surface area contributed by atoms with Crippen LogP contribution in [0.25, 0.3) is 11.0 Å². The average Bonchev–Trinajstić information content (AvgIpc) is 2.62. The first-order valence-electron chi connectivity index (χ1n) is 4.92. The summed E-state index contributed by atoms with van der Waals surface area (Å²) in [5.74, 6) is 3.37. The molecule has 0 atom stereocenters. The molecule has 0 saturated carbocycles. The minimum absolute atomic E-state index is 0.447. The number of nitrogens with one attached hydrogen (secondary N) is 1. The van der Waals surface area contributed by atoms with Gasteiger partial charge in [-0.1, -0.05) is 5.92 Å². The molecule has 2 aromatic heterocycles. The standard InChI is InChI=1S/C11H13N5/c1-5-11(2,3)15-9-8-6-14-16(4)10(8)13-7-12-9/h1,6-7H,2-4H3,(H,12,13,15). The summed E-state index contributed by atoms with van der Waals surface area (Å²) >= 11 is 0. The largest absolute Gasteiger partial charge is 0.354 e. The molecule has 2 aromatic rings. The Hall–Kier alpha value is -2.09. The molecule has 0 unspecified atom stereocenters. The van der Waals surface area contributed by atoms with Crippen molar-refractivity contribution in [3.8, 4) is 12.3 Å². The quantitative estimate of drug-likeness (QED) is 0.764. The van der Waals surface area contributed by atoms with Crippen LogP contribution in [0.4, 0.5) is 5.82 Å². The number of aromatic nitrogens is 4. The number of anilines is 1. The number of nitrogens with zero attached hydrogens (tertiary/aromatic N) is 4. The topological polar surface area (TPSA) is 55.6 Å². The SMILES string of the molecule is C#CC(C)(C)Nc1ncnc2c1cnn2C. The highest BCUT2D eigenvalue weighted by Crippen LogP contribution is 2.20. The van der Waals surface area contributed by atoms with E-state index in [1.165, 1.54) is 6.33 Å². The molecule has 1 N–H and O–H groups in total. The summed E-state index contributed by atoms with van der Waals surface area (Å²) in [5, 5.41) is 8.19. The first kappa shape index (κ1) is 10.4. The Morgan fingerprint density at radius 3 is 2.88 bits per heavy atom. The van der Waals surface area contributed by atoms with E-state index in [1.807, 2.05) is 20.9 Å². The van der Waals surface area contributed by atoms with Crippen molar-refractivity contribution in [2.24, 2.45) is 7.05 Å². The van der Waals surface area contributed by atoms with E-state index in [0.29, 0.717) is 5.82 Å². The van der Waals surface area contributed by atoms with Crippen LogP contribution in [0.1, 0.15) is 13.8 Å². The monoisotopic (exact) mass is 215 g/mol. The third kappa shape index (κ3) is 1.70. The van der Waals surface area contributed by atoms with Crippen LogP contribution >= 0.6 is 0 Å². The third-order valence-electron chi connectivity index (χ3n) is 2.32. The molecule has 0 aromatic carbocycles. The molecule has 0 fully saturated rings. The van der Waals surface area contributed by atoms with Gasteiger partial charge in [0, 0.05) is 7.05 Å². The van der Waals surface area contributed by atoms with Gasteiger partial charge < -0.3 is 5.32 Å². The highest BCUT2D eigenvalue weighted by molar-refractivity contribution is 5.86. The van der Waals surface area contributed by atoms with Gasteiger partial charge >= 0.3 is 0 Å². The van der Waals surface area contributed by atoms with Gasteiger partial charge in [0.2, 0.25) is 0 Å². The molecule has 0 spiro atoms. The summed E-state index contributed by atoms with van der Waals surface area (Å²) in [7, 11) is 1.84. The summed E-state index contributed by atoms with van der Waals surface area (Å²) in [5.41, 5.74) is 0.335. The van der Waals surface area contributed by atoms with E-state index >= 15 is 0 Å². The molecule has 2 heterocycles. The number of hydrogen-bond acceptors (Lipinski definition) is 4. The van der Waals surface area contributed by atoms with Crippen molar-refractivity contribution in [1.82, 2.24) is 19.7 Å². The van der Waals surface area contributed by atoms with Gasteiger partial charge in [0.15, 0.2) is 5.65 Å². The van der Waals surface area contributed by atoms with Crippen LogP contribution < -0.4 is 5.32 Å². The van der Waals surface area contributed by atoms with Gasteiger partial charge in [-0.2, -0.15) is 5.10 Å². The fraction of sp³-hybridized carbons (Fsp3) is 0.364. The van der Waals surface area contributed by atoms with Crippen LogP contribution in [0.5, 0.6) is 0 Å². The van der Waals surface area contributed by atoms with Crippen molar-refractivity contribution >= 4 is 16.9 Å². The zero-order chi connectivity index (χ0) is 11.8. The first-order chi connectivity index (χ1) is 7.53. The normalized spacial score (nSPS) is 11.4. The maximum absolute atomic E-state index is 5.43. The van der Waals surface area contributed by atoms with Crippen LogP contribution in [-0.2, 0) is 7.05 Å². The van der Waals surface area contributed by atoms with Gasteiger partial charge in [-0.15, -0.1) is 6.42 Å². The molecule has 82 valence electrons. The number of hydrogen-bond donors (Lipinski definition) is 1. The highest BCUT2D eigenvalue weighted by atomic mass is 15.3. The number of aryl methyl sites for hydroxylation is 1. The van der Waals surface area contributed by atoms with E-state index in [4.69, 9.17) is 6.42 Å². The molecule has 0 radical (unpaired) electrons. The lowest BCUT2D eigenvalue weighted by atomic mass is 10.1. The minimum Gasteiger partial charge on any atom is -0.354 e. The van der Waals surface area contributed by atoms with E-state index in [9.17, 15) is 0 Å². The number of fused-ring (bicyclic) bond motifs is 1. The second-order valence-corrected chi connectivity index (χ2v) is 4.12. The summed E-state index contributed by atoms with van der Waals surface area (Å²) in [6, 6.07) is 0. The van der Waals surface area contributed by atoms with Gasteiger partial charge in [0.25, 0.3) is 0 Å². The Labute approximate surface area is 93.9 Å². The predicted octanol–water partition coefficient (Wildman–Crippen LogP) is 1.19. The molecule has 16 heavy (non-hydrogen) atoms. The second-order valence-electron chi connectivity index (χ2n) is 4.12. The summed E-state index contributed by atoms with van der Waals surface area (Å²) in [4.78, 5) is 8.34. The Bertz CT molecular complexity index is 561. The van der Waals surface area contributed by atoms with Gasteiger partial charge in [-0.25, -0.2) is 9.97 Å². The molecule has 0 saturated heterocycles. The molecule has 0 amide bonds. The van der Waals surface area contributed by atoms with Crippen molar-refractivity contribution in [2.45, 2.75) is 19.4 Å². The van der Waals surface area contributed by atoms with Crippen molar-refractivity contribution in [3.05, 3.63) is 12.5 Å². The molecule has 0 aliphatic carbocycles. The van der Waals surface area contributed by atoms with Crippen LogP contribution in [0, 0.1) is 12.3 Å². The highest BCUT2D eigenvalue weighted by Gasteiger charge is 2.16. The first-order valence-corrected chi connectivity index (χ1v) is 4.92. The van der Waals surface area contributed by atoms with Crippen LogP contribution in [0.15, 0.2) is 12.5 Å². The molecular formula is C11H13N5. The lowest BCUT2D eigenvalue weighted by molar-refractivity contribution is 0.737. The third-order valence-corrected chi connectivity index (χ3v) is 2.32. The van der Waals surface area contributed by atoms with Gasteiger partial charge in [0.1, 0.15) is 12.1 Å². The van der Waals surface area contributed by atoms with Crippen molar-refractivity contribution in [1.29, 1.82) is 0 Å². The van der Waals surface area contributed by atoms with E-state index < -0.39 is 5.54 Å². The van der Waals surface area contributed by atoms with Crippen molar-refractivity contribution in [3.63, 3.8) is 0 Å². The average molecular weight is 215 g/mol. The van der Waals surface area contributed by atoms with Crippen LogP contribution in [0.3, 0.4) is 0 Å². The minimum atomic E-state index is -0.447. The smallest absolute Gasteiger partial charge is 0.163 e. The molecule has 2 rings (SSSR count). The molecule has 0 aliphatic rings. The van der Waals surface area contributed by atoms with Gasteiger partial charge in [-0.05, 0) is 13.8 Å². The Morgan fingerprint density at radius 1 is 1.44 bits per heavy atom. The van der Waals surface area contributed by atoms with E-state index in [1.54, 1.807) is 10.9 Å². The molecule has 5 heteroatoms. The summed E-state index contributed by atoms with van der Waals surface area (Å²) in [6.07, 6.45) is 8.65. The number of terminal acetylenes is 1. The second kappa shape index (κ2) is 3.49.